The van der Waals surface area contributed by atoms with Crippen molar-refractivity contribution >= 4 is 35.0 Å². The molecule has 1 amide bonds. The molecule has 21 heavy (non-hydrogen) atoms. The number of nitrogens with zero attached hydrogens (tertiary/aromatic N) is 5. The minimum atomic E-state index is -0.343. The number of thioether (sulfide) groups is 1. The number of anilines is 1. The molecule has 2 aromatic rings. The topological polar surface area (TPSA) is 85.6 Å². The number of rotatable bonds is 5. The number of amides is 1. The van der Waals surface area contributed by atoms with Crippen LogP contribution in [-0.4, -0.2) is 36.3 Å². The van der Waals surface area contributed by atoms with Crippen molar-refractivity contribution in [3.05, 3.63) is 23.5 Å². The maximum atomic E-state index is 12.2. The van der Waals surface area contributed by atoms with E-state index in [1.807, 2.05) is 0 Å². The van der Waals surface area contributed by atoms with E-state index in [1.54, 1.807) is 29.9 Å². The first-order chi connectivity index (χ1) is 10.1. The average molecular weight is 325 g/mol. The molecule has 3 rings (SSSR count). The number of halogens is 1. The Hall–Kier alpha value is -1.67. The second-order valence-electron chi connectivity index (χ2n) is 4.73. The highest BCUT2D eigenvalue weighted by Crippen LogP contribution is 2.37. The molecule has 0 bridgehead atoms. The smallest absolute Gasteiger partial charge is 0.237 e. The Morgan fingerprint density at radius 1 is 1.57 bits per heavy atom. The van der Waals surface area contributed by atoms with Gasteiger partial charge in [0, 0.05) is 6.20 Å². The van der Waals surface area contributed by atoms with Crippen molar-refractivity contribution in [1.29, 1.82) is 0 Å². The van der Waals surface area contributed by atoms with Gasteiger partial charge < -0.3 is 5.32 Å². The zero-order chi connectivity index (χ0) is 14.8. The second kappa shape index (κ2) is 5.98. The predicted molar refractivity (Wildman–Crippen MR) is 79.3 cm³/mol. The van der Waals surface area contributed by atoms with Crippen LogP contribution in [0.25, 0.3) is 0 Å². The predicted octanol–water partition coefficient (Wildman–Crippen LogP) is 2.18. The van der Waals surface area contributed by atoms with Gasteiger partial charge in [-0.05, 0) is 42.3 Å². The summed E-state index contributed by atoms with van der Waals surface area (Å²) in [4.78, 5) is 16.1. The van der Waals surface area contributed by atoms with Crippen LogP contribution in [0, 0.1) is 0 Å². The highest BCUT2D eigenvalue weighted by molar-refractivity contribution is 8.00. The van der Waals surface area contributed by atoms with Crippen molar-refractivity contribution in [2.75, 3.05) is 5.32 Å². The minimum absolute atomic E-state index is 0.166. The minimum Gasteiger partial charge on any atom is -0.322 e. The molecule has 1 aliphatic carbocycles. The molecule has 1 atom stereocenters. The molecule has 1 fully saturated rings. The van der Waals surface area contributed by atoms with Gasteiger partial charge in [0.1, 0.15) is 0 Å². The van der Waals surface area contributed by atoms with Gasteiger partial charge in [0.15, 0.2) is 5.15 Å². The fraction of sp³-hybridized carbons (Fsp3) is 0.417. The molecule has 1 N–H and O–H groups in total. The summed E-state index contributed by atoms with van der Waals surface area (Å²) >= 11 is 7.25. The highest BCUT2D eigenvalue weighted by atomic mass is 35.5. The Morgan fingerprint density at radius 3 is 3.10 bits per heavy atom. The third-order valence-corrected chi connectivity index (χ3v) is 4.37. The molecule has 1 unspecified atom stereocenters. The molecule has 9 heteroatoms. The van der Waals surface area contributed by atoms with E-state index in [1.165, 1.54) is 11.8 Å². The summed E-state index contributed by atoms with van der Waals surface area (Å²) in [6.07, 6.45) is 3.74. The molecular formula is C12H13ClN6OS. The first-order valence-electron chi connectivity index (χ1n) is 6.51. The Balaban J connectivity index is 1.64. The van der Waals surface area contributed by atoms with Gasteiger partial charge >= 0.3 is 0 Å². The summed E-state index contributed by atoms with van der Waals surface area (Å²) in [7, 11) is 0. The van der Waals surface area contributed by atoms with Crippen LogP contribution in [0.3, 0.4) is 0 Å². The maximum Gasteiger partial charge on any atom is 0.237 e. The van der Waals surface area contributed by atoms with E-state index in [0.29, 0.717) is 16.9 Å². The average Bonchev–Trinajstić information content (AvgIpc) is 3.21. The first kappa shape index (κ1) is 14.3. The third kappa shape index (κ3) is 3.33. The molecule has 1 saturated carbocycles. The maximum absolute atomic E-state index is 12.2. The van der Waals surface area contributed by atoms with Crippen LogP contribution in [-0.2, 0) is 4.79 Å². The van der Waals surface area contributed by atoms with E-state index in [4.69, 9.17) is 11.6 Å². The molecule has 2 heterocycles. The fourth-order valence-electron chi connectivity index (χ4n) is 1.74. The summed E-state index contributed by atoms with van der Waals surface area (Å²) in [5.41, 5.74) is 0.499. The number of tetrazole rings is 1. The van der Waals surface area contributed by atoms with Crippen molar-refractivity contribution in [3.8, 4) is 0 Å². The Kier molecular flexibility index (Phi) is 4.07. The lowest BCUT2D eigenvalue weighted by Gasteiger charge is -2.11. The van der Waals surface area contributed by atoms with Crippen molar-refractivity contribution in [1.82, 2.24) is 25.2 Å². The molecule has 0 aromatic carbocycles. The van der Waals surface area contributed by atoms with Crippen molar-refractivity contribution in [2.45, 2.75) is 36.2 Å². The van der Waals surface area contributed by atoms with Gasteiger partial charge in [-0.25, -0.2) is 9.67 Å². The van der Waals surface area contributed by atoms with E-state index in [2.05, 4.69) is 25.8 Å². The Morgan fingerprint density at radius 2 is 2.38 bits per heavy atom. The number of carbonyl (C=O) groups is 1. The van der Waals surface area contributed by atoms with E-state index in [0.717, 1.165) is 12.8 Å². The molecule has 0 aliphatic heterocycles. The molecule has 0 saturated heterocycles. The van der Waals surface area contributed by atoms with Gasteiger partial charge in [0.05, 0.1) is 17.0 Å². The van der Waals surface area contributed by atoms with Crippen LogP contribution >= 0.6 is 23.4 Å². The summed E-state index contributed by atoms with van der Waals surface area (Å²) in [6, 6.07) is 3.80. The molecule has 1 aliphatic rings. The summed E-state index contributed by atoms with van der Waals surface area (Å²) in [5, 5.41) is 15.0. The van der Waals surface area contributed by atoms with E-state index in [-0.39, 0.29) is 16.3 Å². The fourth-order valence-corrected chi connectivity index (χ4v) is 2.76. The van der Waals surface area contributed by atoms with Crippen molar-refractivity contribution in [2.24, 2.45) is 0 Å². The molecule has 2 aromatic heterocycles. The number of carbonyl (C=O) groups excluding carboxylic acids is 1. The quantitative estimate of drug-likeness (QED) is 0.670. The number of aromatic nitrogens is 5. The van der Waals surface area contributed by atoms with Crippen LogP contribution in [0.2, 0.25) is 5.15 Å². The first-order valence-corrected chi connectivity index (χ1v) is 7.77. The lowest BCUT2D eigenvalue weighted by Crippen LogP contribution is -2.23. The largest absolute Gasteiger partial charge is 0.322 e. The van der Waals surface area contributed by atoms with E-state index in [9.17, 15) is 4.79 Å². The standard InChI is InChI=1S/C12H13ClN6OS/c1-7(11(20)15-9-3-2-6-14-10(9)13)21-12-16-17-18-19(12)8-4-5-8/h2-3,6-8H,4-5H2,1H3,(H,15,20). The Labute approximate surface area is 130 Å². The lowest BCUT2D eigenvalue weighted by molar-refractivity contribution is -0.115. The van der Waals surface area contributed by atoms with Gasteiger partial charge in [-0.2, -0.15) is 0 Å². The van der Waals surface area contributed by atoms with Gasteiger partial charge in [0.2, 0.25) is 11.1 Å². The summed E-state index contributed by atoms with van der Waals surface area (Å²) < 4.78 is 1.78. The summed E-state index contributed by atoms with van der Waals surface area (Å²) in [5.74, 6) is -0.166. The molecule has 0 radical (unpaired) electrons. The molecule has 110 valence electrons. The molecular weight excluding hydrogens is 312 g/mol. The number of hydrogen-bond donors (Lipinski definition) is 1. The number of nitrogens with one attached hydrogen (secondary N) is 1. The van der Waals surface area contributed by atoms with Crippen LogP contribution in [0.1, 0.15) is 25.8 Å². The highest BCUT2D eigenvalue weighted by Gasteiger charge is 2.29. The van der Waals surface area contributed by atoms with Gasteiger partial charge in [-0.15, -0.1) is 5.10 Å². The SMILES string of the molecule is CC(Sc1nnnn1C1CC1)C(=O)Nc1cccnc1Cl. The number of hydrogen-bond acceptors (Lipinski definition) is 6. The van der Waals surface area contributed by atoms with Gasteiger partial charge in [-0.3, -0.25) is 4.79 Å². The van der Waals surface area contributed by atoms with Crippen LogP contribution < -0.4 is 5.32 Å². The monoisotopic (exact) mass is 324 g/mol. The van der Waals surface area contributed by atoms with Crippen molar-refractivity contribution < 1.29 is 4.79 Å². The molecule has 7 nitrogen and oxygen atoms in total. The lowest BCUT2D eigenvalue weighted by atomic mass is 10.4. The normalized spacial score (nSPS) is 15.7. The Bertz CT molecular complexity index is 659. The second-order valence-corrected chi connectivity index (χ2v) is 6.39. The molecule has 0 spiro atoms. The van der Waals surface area contributed by atoms with E-state index >= 15 is 0 Å². The summed E-state index contributed by atoms with van der Waals surface area (Å²) in [6.45, 7) is 1.80. The van der Waals surface area contributed by atoms with Crippen LogP contribution in [0.4, 0.5) is 5.69 Å². The van der Waals surface area contributed by atoms with Crippen molar-refractivity contribution in [3.63, 3.8) is 0 Å². The van der Waals surface area contributed by atoms with E-state index < -0.39 is 0 Å². The third-order valence-electron chi connectivity index (χ3n) is 3.02. The zero-order valence-corrected chi connectivity index (χ0v) is 12.8. The van der Waals surface area contributed by atoms with Gasteiger partial charge in [0.25, 0.3) is 0 Å². The van der Waals surface area contributed by atoms with Crippen LogP contribution in [0.5, 0.6) is 0 Å². The number of pyridine rings is 1. The zero-order valence-electron chi connectivity index (χ0n) is 11.2. The van der Waals surface area contributed by atoms with Gasteiger partial charge in [-0.1, -0.05) is 23.4 Å². The van der Waals surface area contributed by atoms with Crippen LogP contribution in [0.15, 0.2) is 23.5 Å².